The molecule has 0 aromatic rings. The summed E-state index contributed by atoms with van der Waals surface area (Å²) >= 11 is 0. The molecule has 11 heavy (non-hydrogen) atoms. The first-order chi connectivity index (χ1) is 5.08. The highest BCUT2D eigenvalue weighted by Gasteiger charge is 2.51. The molecule has 1 saturated carbocycles. The number of nitrogens with two attached hydrogens (primary N) is 1. The highest BCUT2D eigenvalue weighted by atomic mass is 16.5. The Kier molecular flexibility index (Phi) is 2.15. The maximum Gasteiger partial charge on any atom is 0.305 e. The van der Waals surface area contributed by atoms with Gasteiger partial charge in [0.25, 0.3) is 0 Å². The second kappa shape index (κ2) is 2.79. The molecule has 0 aromatic heterocycles. The smallest absolute Gasteiger partial charge is 0.305 e. The number of hydrogen-bond acceptors (Lipinski definition) is 3. The van der Waals surface area contributed by atoms with Crippen LogP contribution >= 0.6 is 0 Å². The molecule has 0 saturated heterocycles. The van der Waals surface area contributed by atoms with Crippen molar-refractivity contribution in [2.75, 3.05) is 13.7 Å². The molecule has 4 heteroatoms. The van der Waals surface area contributed by atoms with Crippen LogP contribution < -0.4 is 5.73 Å². The second-order valence-electron chi connectivity index (χ2n) is 3.16. The largest absolute Gasteiger partial charge is 0.481 e. The Labute approximate surface area is 65.3 Å². The molecule has 2 unspecified atom stereocenters. The summed E-state index contributed by atoms with van der Waals surface area (Å²) in [4.78, 5) is 10.3. The van der Waals surface area contributed by atoms with E-state index in [1.165, 1.54) is 0 Å². The average molecular weight is 159 g/mol. The quantitative estimate of drug-likeness (QED) is 0.597. The summed E-state index contributed by atoms with van der Waals surface area (Å²) in [5.41, 5.74) is 5.23. The molecule has 2 atom stereocenters. The van der Waals surface area contributed by atoms with Crippen molar-refractivity contribution in [3.8, 4) is 0 Å². The van der Waals surface area contributed by atoms with Crippen LogP contribution in [0.1, 0.15) is 12.8 Å². The van der Waals surface area contributed by atoms with Crippen molar-refractivity contribution < 1.29 is 14.6 Å². The van der Waals surface area contributed by atoms with E-state index in [9.17, 15) is 4.79 Å². The highest BCUT2D eigenvalue weighted by molar-refractivity contribution is 5.69. The van der Waals surface area contributed by atoms with Gasteiger partial charge in [0.05, 0.1) is 13.0 Å². The first-order valence-electron chi connectivity index (χ1n) is 3.58. The molecule has 0 spiro atoms. The molecule has 1 rings (SSSR count). The first kappa shape index (κ1) is 8.49. The first-order valence-corrected chi connectivity index (χ1v) is 3.58. The lowest BCUT2D eigenvalue weighted by atomic mass is 10.1. The minimum absolute atomic E-state index is 0.0566. The summed E-state index contributed by atoms with van der Waals surface area (Å²) in [5, 5.41) is 8.45. The van der Waals surface area contributed by atoms with Gasteiger partial charge in [-0.3, -0.25) is 4.79 Å². The van der Waals surface area contributed by atoms with Gasteiger partial charge >= 0.3 is 5.97 Å². The Morgan fingerprint density at radius 1 is 1.91 bits per heavy atom. The van der Waals surface area contributed by atoms with E-state index in [0.29, 0.717) is 6.61 Å². The SMILES string of the molecule is COCC1CC1(N)CC(=O)O. The van der Waals surface area contributed by atoms with E-state index in [1.54, 1.807) is 7.11 Å². The number of aliphatic carboxylic acids is 1. The molecule has 0 aromatic carbocycles. The lowest BCUT2D eigenvalue weighted by molar-refractivity contribution is -0.137. The average Bonchev–Trinajstić information content (AvgIpc) is 2.40. The molecule has 4 nitrogen and oxygen atoms in total. The number of methoxy groups -OCH3 is 1. The van der Waals surface area contributed by atoms with Crippen molar-refractivity contribution in [2.24, 2.45) is 11.7 Å². The number of carboxylic acid groups (broad SMARTS) is 1. The van der Waals surface area contributed by atoms with Crippen molar-refractivity contribution in [1.29, 1.82) is 0 Å². The molecule has 1 fully saturated rings. The maximum absolute atomic E-state index is 10.3. The molecule has 0 bridgehead atoms. The zero-order valence-electron chi connectivity index (χ0n) is 6.54. The van der Waals surface area contributed by atoms with Crippen molar-refractivity contribution in [1.82, 2.24) is 0 Å². The molecule has 64 valence electrons. The van der Waals surface area contributed by atoms with Gasteiger partial charge in [0.15, 0.2) is 0 Å². The molecule has 0 aliphatic heterocycles. The number of ether oxygens (including phenoxy) is 1. The van der Waals surface area contributed by atoms with Crippen LogP contribution in [0.4, 0.5) is 0 Å². The monoisotopic (exact) mass is 159 g/mol. The maximum atomic E-state index is 10.3. The van der Waals surface area contributed by atoms with Gasteiger partial charge in [-0.1, -0.05) is 0 Å². The lowest BCUT2D eigenvalue weighted by Gasteiger charge is -2.06. The third-order valence-corrected chi connectivity index (χ3v) is 2.13. The molecular formula is C7H13NO3. The van der Waals surface area contributed by atoms with Gasteiger partial charge in [-0.05, 0) is 6.42 Å². The Bertz CT molecular complexity index is 171. The van der Waals surface area contributed by atoms with Gasteiger partial charge in [-0.25, -0.2) is 0 Å². The fourth-order valence-electron chi connectivity index (χ4n) is 1.32. The van der Waals surface area contributed by atoms with Gasteiger partial charge < -0.3 is 15.6 Å². The van der Waals surface area contributed by atoms with Gasteiger partial charge in [-0.15, -0.1) is 0 Å². The van der Waals surface area contributed by atoms with Crippen LogP contribution in [0, 0.1) is 5.92 Å². The number of carboxylic acids is 1. The normalized spacial score (nSPS) is 35.3. The molecule has 0 radical (unpaired) electrons. The van der Waals surface area contributed by atoms with Crippen LogP contribution in [-0.2, 0) is 9.53 Å². The summed E-state index contributed by atoms with van der Waals surface area (Å²) in [6, 6.07) is 0. The number of rotatable bonds is 4. The van der Waals surface area contributed by atoms with E-state index in [1.807, 2.05) is 0 Å². The fraction of sp³-hybridized carbons (Fsp3) is 0.857. The van der Waals surface area contributed by atoms with E-state index in [-0.39, 0.29) is 12.3 Å². The van der Waals surface area contributed by atoms with Crippen LogP contribution in [0.2, 0.25) is 0 Å². The zero-order valence-corrected chi connectivity index (χ0v) is 6.54. The Morgan fingerprint density at radius 3 is 3.00 bits per heavy atom. The number of carbonyl (C=O) groups is 1. The summed E-state index contributed by atoms with van der Waals surface area (Å²) in [7, 11) is 1.60. The molecule has 0 heterocycles. The predicted octanol–water partition coefficient (Wildman–Crippen LogP) is -0.175. The second-order valence-corrected chi connectivity index (χ2v) is 3.16. The van der Waals surface area contributed by atoms with Crippen LogP contribution in [0.15, 0.2) is 0 Å². The van der Waals surface area contributed by atoms with Gasteiger partial charge in [-0.2, -0.15) is 0 Å². The molecule has 1 aliphatic carbocycles. The van der Waals surface area contributed by atoms with Gasteiger partial charge in [0, 0.05) is 18.6 Å². The van der Waals surface area contributed by atoms with Crippen LogP contribution in [0.5, 0.6) is 0 Å². The molecule has 3 N–H and O–H groups in total. The fourth-order valence-corrected chi connectivity index (χ4v) is 1.32. The number of hydrogen-bond donors (Lipinski definition) is 2. The summed E-state index contributed by atoms with van der Waals surface area (Å²) < 4.78 is 4.87. The lowest BCUT2D eigenvalue weighted by Crippen LogP contribution is -2.29. The van der Waals surface area contributed by atoms with Crippen molar-refractivity contribution >= 4 is 5.97 Å². The van der Waals surface area contributed by atoms with E-state index in [4.69, 9.17) is 15.6 Å². The van der Waals surface area contributed by atoms with E-state index in [2.05, 4.69) is 0 Å². The topological polar surface area (TPSA) is 72.5 Å². The van der Waals surface area contributed by atoms with Crippen molar-refractivity contribution in [3.63, 3.8) is 0 Å². The van der Waals surface area contributed by atoms with E-state index in [0.717, 1.165) is 6.42 Å². The Hall–Kier alpha value is -0.610. The van der Waals surface area contributed by atoms with E-state index >= 15 is 0 Å². The van der Waals surface area contributed by atoms with Crippen LogP contribution in [0.25, 0.3) is 0 Å². The van der Waals surface area contributed by atoms with Gasteiger partial charge in [0.1, 0.15) is 0 Å². The summed E-state index contributed by atoms with van der Waals surface area (Å²) in [6.07, 6.45) is 0.828. The minimum atomic E-state index is -0.828. The Morgan fingerprint density at radius 2 is 2.55 bits per heavy atom. The highest BCUT2D eigenvalue weighted by Crippen LogP contribution is 2.43. The third kappa shape index (κ3) is 1.91. The molecule has 1 aliphatic rings. The van der Waals surface area contributed by atoms with Crippen LogP contribution in [0.3, 0.4) is 0 Å². The zero-order chi connectivity index (χ0) is 8.48. The minimum Gasteiger partial charge on any atom is -0.481 e. The predicted molar refractivity (Wildman–Crippen MR) is 39.2 cm³/mol. The summed E-state index contributed by atoms with van der Waals surface area (Å²) in [6.45, 7) is 0.573. The Balaban J connectivity index is 2.30. The van der Waals surface area contributed by atoms with E-state index < -0.39 is 11.5 Å². The standard InChI is InChI=1S/C7H13NO3/c1-11-4-5-2-7(5,8)3-6(9)10/h5H,2-4,8H2,1H3,(H,9,10). The van der Waals surface area contributed by atoms with Crippen molar-refractivity contribution in [2.45, 2.75) is 18.4 Å². The van der Waals surface area contributed by atoms with Gasteiger partial charge in [0.2, 0.25) is 0 Å². The summed E-state index contributed by atoms with van der Waals surface area (Å²) in [5.74, 6) is -0.588. The van der Waals surface area contributed by atoms with Crippen LogP contribution in [-0.4, -0.2) is 30.3 Å². The molecular weight excluding hydrogens is 146 g/mol. The van der Waals surface area contributed by atoms with Crippen molar-refractivity contribution in [3.05, 3.63) is 0 Å². The third-order valence-electron chi connectivity index (χ3n) is 2.13. The molecule has 0 amide bonds.